The quantitative estimate of drug-likeness (QED) is 0.785. The van der Waals surface area contributed by atoms with Crippen molar-refractivity contribution in [3.05, 3.63) is 34.9 Å². The summed E-state index contributed by atoms with van der Waals surface area (Å²) in [6, 6.07) is 8.52. The third-order valence-corrected chi connectivity index (χ3v) is 5.85. The van der Waals surface area contributed by atoms with Crippen LogP contribution in [0.2, 0.25) is 5.02 Å². The van der Waals surface area contributed by atoms with Crippen molar-refractivity contribution < 1.29 is 0 Å². The average Bonchev–Trinajstić information content (AvgIpc) is 3.02. The van der Waals surface area contributed by atoms with Gasteiger partial charge in [-0.15, -0.1) is 0 Å². The molecule has 3 atom stereocenters. The molecule has 3 rings (SSSR count). The first-order valence-electron chi connectivity index (χ1n) is 8.52. The lowest BCUT2D eigenvalue weighted by molar-refractivity contribution is 0.155. The van der Waals surface area contributed by atoms with Crippen LogP contribution in [0.1, 0.15) is 45.1 Å². The van der Waals surface area contributed by atoms with E-state index in [0.29, 0.717) is 5.41 Å². The van der Waals surface area contributed by atoms with E-state index in [2.05, 4.69) is 31.3 Å². The lowest BCUT2D eigenvalue weighted by atomic mass is 9.69. The molecule has 2 aliphatic rings. The van der Waals surface area contributed by atoms with E-state index < -0.39 is 0 Å². The molecule has 0 amide bonds. The van der Waals surface area contributed by atoms with Crippen molar-refractivity contribution >= 4 is 11.6 Å². The molecule has 2 aliphatic carbocycles. The summed E-state index contributed by atoms with van der Waals surface area (Å²) in [6.07, 6.45) is 7.03. The summed E-state index contributed by atoms with van der Waals surface area (Å²) < 4.78 is 0. The maximum absolute atomic E-state index is 6.03. The fourth-order valence-electron chi connectivity index (χ4n) is 4.67. The Labute approximate surface area is 134 Å². The summed E-state index contributed by atoms with van der Waals surface area (Å²) in [7, 11) is 0. The minimum atomic E-state index is 0.492. The Bertz CT molecular complexity index is 467. The van der Waals surface area contributed by atoms with Gasteiger partial charge in [0.2, 0.25) is 0 Å². The van der Waals surface area contributed by atoms with E-state index >= 15 is 0 Å². The third kappa shape index (κ3) is 3.46. The largest absolute Gasteiger partial charge is 0.316 e. The van der Waals surface area contributed by atoms with Gasteiger partial charge in [-0.1, -0.05) is 44.0 Å². The highest BCUT2D eigenvalue weighted by Crippen LogP contribution is 2.57. The normalized spacial score (nSPS) is 31.2. The van der Waals surface area contributed by atoms with Gasteiger partial charge in [0.1, 0.15) is 0 Å². The molecule has 2 heteroatoms. The molecular weight excluding hydrogens is 278 g/mol. The predicted octanol–water partition coefficient (Wildman–Crippen LogP) is 4.93. The van der Waals surface area contributed by atoms with Gasteiger partial charge in [0, 0.05) is 11.6 Å². The van der Waals surface area contributed by atoms with Gasteiger partial charge in [-0.25, -0.2) is 0 Å². The van der Waals surface area contributed by atoms with Crippen molar-refractivity contribution in [2.24, 2.45) is 23.2 Å². The molecule has 2 saturated carbocycles. The van der Waals surface area contributed by atoms with Crippen LogP contribution >= 0.6 is 11.6 Å². The SMILES string of the molecule is CC(C)CNCC1(Cc2ccc(Cl)cc2)CC2CCC1C2. The topological polar surface area (TPSA) is 12.0 Å². The van der Waals surface area contributed by atoms with Crippen LogP contribution in [-0.2, 0) is 6.42 Å². The Morgan fingerprint density at radius 1 is 1.24 bits per heavy atom. The Kier molecular flexibility index (Phi) is 4.61. The zero-order chi connectivity index (χ0) is 14.9. The van der Waals surface area contributed by atoms with E-state index in [-0.39, 0.29) is 0 Å². The van der Waals surface area contributed by atoms with Crippen LogP contribution in [0.3, 0.4) is 0 Å². The van der Waals surface area contributed by atoms with Crippen molar-refractivity contribution in [2.45, 2.75) is 46.0 Å². The Morgan fingerprint density at radius 2 is 2.00 bits per heavy atom. The van der Waals surface area contributed by atoms with Crippen LogP contribution in [-0.4, -0.2) is 13.1 Å². The summed E-state index contributed by atoms with van der Waals surface area (Å²) in [4.78, 5) is 0. The lowest BCUT2D eigenvalue weighted by Gasteiger charge is -2.39. The van der Waals surface area contributed by atoms with E-state index in [4.69, 9.17) is 11.6 Å². The second-order valence-electron chi connectivity index (χ2n) is 7.77. The van der Waals surface area contributed by atoms with Crippen molar-refractivity contribution in [2.75, 3.05) is 13.1 Å². The molecule has 116 valence electrons. The van der Waals surface area contributed by atoms with Crippen molar-refractivity contribution in [3.63, 3.8) is 0 Å². The van der Waals surface area contributed by atoms with Crippen LogP contribution in [0.25, 0.3) is 0 Å². The average molecular weight is 306 g/mol. The first-order chi connectivity index (χ1) is 10.1. The molecule has 1 nitrogen and oxygen atoms in total. The first-order valence-corrected chi connectivity index (χ1v) is 8.90. The molecule has 1 aromatic rings. The van der Waals surface area contributed by atoms with Crippen LogP contribution in [0.15, 0.2) is 24.3 Å². The molecule has 0 aromatic heterocycles. The van der Waals surface area contributed by atoms with Crippen LogP contribution < -0.4 is 5.32 Å². The summed E-state index contributed by atoms with van der Waals surface area (Å²) in [6.45, 7) is 6.91. The summed E-state index contributed by atoms with van der Waals surface area (Å²) >= 11 is 6.03. The third-order valence-electron chi connectivity index (χ3n) is 5.60. The van der Waals surface area contributed by atoms with Crippen molar-refractivity contribution in [1.29, 1.82) is 0 Å². The molecule has 0 radical (unpaired) electrons. The van der Waals surface area contributed by atoms with Gasteiger partial charge in [-0.3, -0.25) is 0 Å². The molecule has 0 aliphatic heterocycles. The van der Waals surface area contributed by atoms with Gasteiger partial charge in [-0.05, 0) is 73.1 Å². The highest BCUT2D eigenvalue weighted by Gasteiger charge is 2.50. The molecule has 0 saturated heterocycles. The van der Waals surface area contributed by atoms with E-state index in [0.717, 1.165) is 29.3 Å². The van der Waals surface area contributed by atoms with E-state index in [9.17, 15) is 0 Å². The fourth-order valence-corrected chi connectivity index (χ4v) is 4.80. The number of benzene rings is 1. The van der Waals surface area contributed by atoms with Crippen molar-refractivity contribution in [3.8, 4) is 0 Å². The second-order valence-corrected chi connectivity index (χ2v) is 8.21. The molecule has 21 heavy (non-hydrogen) atoms. The summed E-state index contributed by atoms with van der Waals surface area (Å²) in [5.74, 6) is 2.65. The summed E-state index contributed by atoms with van der Waals surface area (Å²) in [5.41, 5.74) is 1.95. The van der Waals surface area contributed by atoms with Crippen LogP contribution in [0.4, 0.5) is 0 Å². The van der Waals surface area contributed by atoms with Crippen molar-refractivity contribution in [1.82, 2.24) is 5.32 Å². The maximum Gasteiger partial charge on any atom is 0.0406 e. The van der Waals surface area contributed by atoms with Gasteiger partial charge in [0.15, 0.2) is 0 Å². The minimum Gasteiger partial charge on any atom is -0.316 e. The van der Waals surface area contributed by atoms with E-state index in [1.165, 1.54) is 44.2 Å². The highest BCUT2D eigenvalue weighted by atomic mass is 35.5. The minimum absolute atomic E-state index is 0.492. The number of fused-ring (bicyclic) bond motifs is 2. The molecule has 2 fully saturated rings. The smallest absolute Gasteiger partial charge is 0.0406 e. The maximum atomic E-state index is 6.03. The first kappa shape index (κ1) is 15.4. The van der Waals surface area contributed by atoms with Crippen LogP contribution in [0, 0.1) is 23.2 Å². The van der Waals surface area contributed by atoms with Gasteiger partial charge < -0.3 is 5.32 Å². The molecular formula is C19H28ClN. The molecule has 1 N–H and O–H groups in total. The molecule has 1 aromatic carbocycles. The Balaban J connectivity index is 1.72. The van der Waals surface area contributed by atoms with Crippen LogP contribution in [0.5, 0.6) is 0 Å². The number of hydrogen-bond acceptors (Lipinski definition) is 1. The zero-order valence-corrected chi connectivity index (χ0v) is 14.1. The fraction of sp³-hybridized carbons (Fsp3) is 0.684. The Morgan fingerprint density at radius 3 is 2.57 bits per heavy atom. The lowest BCUT2D eigenvalue weighted by Crippen LogP contribution is -2.41. The molecule has 3 unspecified atom stereocenters. The van der Waals surface area contributed by atoms with Gasteiger partial charge >= 0.3 is 0 Å². The van der Waals surface area contributed by atoms with Gasteiger partial charge in [0.05, 0.1) is 0 Å². The predicted molar refractivity (Wildman–Crippen MR) is 90.7 cm³/mol. The molecule has 0 spiro atoms. The summed E-state index contributed by atoms with van der Waals surface area (Å²) in [5, 5.41) is 4.60. The molecule has 2 bridgehead atoms. The highest BCUT2D eigenvalue weighted by molar-refractivity contribution is 6.30. The van der Waals surface area contributed by atoms with Gasteiger partial charge in [0.25, 0.3) is 0 Å². The standard InChI is InChI=1S/C19H28ClN/c1-14(2)12-21-13-19(11-16-3-6-17(19)9-16)10-15-4-7-18(20)8-5-15/h4-5,7-8,14,16-17,21H,3,6,9-13H2,1-2H3. The van der Waals surface area contributed by atoms with E-state index in [1.807, 2.05) is 12.1 Å². The Hall–Kier alpha value is -0.530. The van der Waals surface area contributed by atoms with E-state index in [1.54, 1.807) is 0 Å². The number of halogens is 1. The number of rotatable bonds is 6. The zero-order valence-electron chi connectivity index (χ0n) is 13.4. The second kappa shape index (κ2) is 6.30. The van der Waals surface area contributed by atoms with Gasteiger partial charge in [-0.2, -0.15) is 0 Å². The monoisotopic (exact) mass is 305 g/mol. The number of nitrogens with one attached hydrogen (secondary N) is 1. The number of hydrogen-bond donors (Lipinski definition) is 1. The molecule has 0 heterocycles.